The van der Waals surface area contributed by atoms with E-state index < -0.39 is 0 Å². The van der Waals surface area contributed by atoms with E-state index in [9.17, 15) is 0 Å². The topological polar surface area (TPSA) is 43.8 Å². The molecule has 55 valence electrons. The van der Waals surface area contributed by atoms with E-state index in [1.54, 1.807) is 10.7 Å². The van der Waals surface area contributed by atoms with Crippen molar-refractivity contribution in [1.29, 1.82) is 0 Å². The summed E-state index contributed by atoms with van der Waals surface area (Å²) in [7, 11) is 0. The Labute approximate surface area is 60.8 Å². The minimum absolute atomic E-state index is 0.195. The molecule has 0 aliphatic rings. The zero-order chi connectivity index (χ0) is 7.61. The quantitative estimate of drug-likeness (QED) is 0.643. The van der Waals surface area contributed by atoms with Crippen LogP contribution < -0.4 is 5.73 Å². The Morgan fingerprint density at radius 1 is 1.70 bits per heavy atom. The van der Waals surface area contributed by atoms with Gasteiger partial charge in [0.1, 0.15) is 6.20 Å². The van der Waals surface area contributed by atoms with Crippen LogP contribution in [0.25, 0.3) is 0 Å². The van der Waals surface area contributed by atoms with Crippen LogP contribution in [0.15, 0.2) is 12.3 Å². The molecule has 0 atom stereocenters. The third-order valence-electron chi connectivity index (χ3n) is 1.08. The Morgan fingerprint density at radius 3 is 2.80 bits per heavy atom. The third kappa shape index (κ3) is 2.19. The Balaban J connectivity index is 2.57. The fourth-order valence-corrected chi connectivity index (χ4v) is 0.766. The van der Waals surface area contributed by atoms with Gasteiger partial charge in [-0.3, -0.25) is 4.68 Å². The number of hydrogen-bond acceptors (Lipinski definition) is 2. The van der Waals surface area contributed by atoms with E-state index in [1.807, 2.05) is 20.0 Å². The van der Waals surface area contributed by atoms with Crippen molar-refractivity contribution in [1.82, 2.24) is 9.78 Å². The van der Waals surface area contributed by atoms with Crippen LogP contribution in [0, 0.1) is 6.20 Å². The Kier molecular flexibility index (Phi) is 1.76. The van der Waals surface area contributed by atoms with Crippen molar-refractivity contribution in [3.05, 3.63) is 18.5 Å². The average Bonchev–Trinajstić information content (AvgIpc) is 2.12. The van der Waals surface area contributed by atoms with Crippen molar-refractivity contribution in [3.63, 3.8) is 0 Å². The molecule has 1 heterocycles. The van der Waals surface area contributed by atoms with Crippen LogP contribution in [0.4, 0.5) is 0 Å². The molecule has 1 aromatic heterocycles. The number of rotatable bonds is 2. The zero-order valence-corrected chi connectivity index (χ0v) is 6.33. The standard InChI is InChI=1S/C7H12N3/c1-7(2,8)6-10-5-3-4-9-10/h3,5H,6,8H2,1-2H3. The van der Waals surface area contributed by atoms with Crippen LogP contribution in [-0.4, -0.2) is 15.3 Å². The van der Waals surface area contributed by atoms with Gasteiger partial charge in [0.15, 0.2) is 0 Å². The van der Waals surface area contributed by atoms with Crippen LogP contribution in [0.2, 0.25) is 0 Å². The summed E-state index contributed by atoms with van der Waals surface area (Å²) >= 11 is 0. The van der Waals surface area contributed by atoms with Crippen molar-refractivity contribution in [3.8, 4) is 0 Å². The normalized spacial score (nSPS) is 11.9. The van der Waals surface area contributed by atoms with Gasteiger partial charge >= 0.3 is 0 Å². The van der Waals surface area contributed by atoms with Gasteiger partial charge in [0, 0.05) is 11.7 Å². The highest BCUT2D eigenvalue weighted by molar-refractivity contribution is 4.80. The fraction of sp³-hybridized carbons (Fsp3) is 0.571. The molecule has 3 heteroatoms. The average molecular weight is 138 g/mol. The highest BCUT2D eigenvalue weighted by atomic mass is 15.3. The maximum absolute atomic E-state index is 5.75. The molecule has 0 aromatic carbocycles. The number of hydrogen-bond donors (Lipinski definition) is 1. The zero-order valence-electron chi connectivity index (χ0n) is 6.33. The molecule has 0 saturated heterocycles. The van der Waals surface area contributed by atoms with Crippen LogP contribution in [-0.2, 0) is 6.54 Å². The van der Waals surface area contributed by atoms with E-state index in [4.69, 9.17) is 5.73 Å². The van der Waals surface area contributed by atoms with Crippen molar-refractivity contribution in [2.45, 2.75) is 25.9 Å². The lowest BCUT2D eigenvalue weighted by molar-refractivity contribution is 0.408. The summed E-state index contributed by atoms with van der Waals surface area (Å²) in [6.07, 6.45) is 4.57. The van der Waals surface area contributed by atoms with Gasteiger partial charge in [-0.2, -0.15) is 5.10 Å². The summed E-state index contributed by atoms with van der Waals surface area (Å²) in [5.74, 6) is 0. The summed E-state index contributed by atoms with van der Waals surface area (Å²) in [6.45, 7) is 4.67. The highest BCUT2D eigenvalue weighted by Gasteiger charge is 2.10. The van der Waals surface area contributed by atoms with E-state index in [-0.39, 0.29) is 5.54 Å². The molecule has 0 bridgehead atoms. The Bertz CT molecular complexity index is 183. The molecule has 1 radical (unpaired) electrons. The second-order valence-corrected chi connectivity index (χ2v) is 3.13. The minimum Gasteiger partial charge on any atom is -0.324 e. The molecule has 0 aliphatic carbocycles. The Morgan fingerprint density at radius 2 is 2.40 bits per heavy atom. The second kappa shape index (κ2) is 2.42. The predicted molar refractivity (Wildman–Crippen MR) is 39.3 cm³/mol. The molecule has 0 aliphatic heterocycles. The molecule has 0 amide bonds. The molecule has 1 aromatic rings. The number of nitrogens with zero attached hydrogens (tertiary/aromatic N) is 2. The first-order valence-electron chi connectivity index (χ1n) is 3.26. The third-order valence-corrected chi connectivity index (χ3v) is 1.08. The van der Waals surface area contributed by atoms with Crippen molar-refractivity contribution < 1.29 is 0 Å². The van der Waals surface area contributed by atoms with E-state index >= 15 is 0 Å². The minimum atomic E-state index is -0.195. The van der Waals surface area contributed by atoms with Crippen LogP contribution in [0.5, 0.6) is 0 Å². The van der Waals surface area contributed by atoms with E-state index in [2.05, 4.69) is 11.3 Å². The summed E-state index contributed by atoms with van der Waals surface area (Å²) in [5, 5.41) is 3.91. The lowest BCUT2D eigenvalue weighted by Crippen LogP contribution is -2.37. The number of nitrogens with two attached hydrogens (primary N) is 1. The first-order chi connectivity index (χ1) is 4.58. The molecule has 2 N–H and O–H groups in total. The van der Waals surface area contributed by atoms with Gasteiger partial charge in [-0.15, -0.1) is 0 Å². The Hall–Kier alpha value is -0.830. The lowest BCUT2D eigenvalue weighted by Gasteiger charge is -2.17. The largest absolute Gasteiger partial charge is 0.324 e. The fourth-order valence-electron chi connectivity index (χ4n) is 0.766. The molecule has 0 spiro atoms. The summed E-state index contributed by atoms with van der Waals surface area (Å²) in [5.41, 5.74) is 5.56. The molecular formula is C7H12N3. The molecule has 3 nitrogen and oxygen atoms in total. The summed E-state index contributed by atoms with van der Waals surface area (Å²) in [4.78, 5) is 0. The highest BCUT2D eigenvalue weighted by Crippen LogP contribution is 1.99. The van der Waals surface area contributed by atoms with Gasteiger partial charge in [0.25, 0.3) is 0 Å². The first-order valence-corrected chi connectivity index (χ1v) is 3.26. The molecule has 10 heavy (non-hydrogen) atoms. The molecule has 0 fully saturated rings. The molecule has 0 unspecified atom stereocenters. The van der Waals surface area contributed by atoms with Crippen molar-refractivity contribution >= 4 is 0 Å². The van der Waals surface area contributed by atoms with Crippen LogP contribution in [0.1, 0.15) is 13.8 Å². The van der Waals surface area contributed by atoms with Gasteiger partial charge in [-0.05, 0) is 19.9 Å². The number of aromatic nitrogens is 2. The maximum Gasteiger partial charge on any atom is 0.113 e. The van der Waals surface area contributed by atoms with Crippen molar-refractivity contribution in [2.75, 3.05) is 0 Å². The summed E-state index contributed by atoms with van der Waals surface area (Å²) < 4.78 is 1.78. The van der Waals surface area contributed by atoms with Gasteiger partial charge in [0.05, 0.1) is 6.54 Å². The monoisotopic (exact) mass is 138 g/mol. The summed E-state index contributed by atoms with van der Waals surface area (Å²) in [6, 6.07) is 1.77. The van der Waals surface area contributed by atoms with Crippen LogP contribution in [0.3, 0.4) is 0 Å². The molecule has 0 saturated carbocycles. The smallest absolute Gasteiger partial charge is 0.113 e. The SMILES string of the molecule is CC(C)(N)Cn1cc[c]n1. The maximum atomic E-state index is 5.75. The molecule has 1 rings (SSSR count). The van der Waals surface area contributed by atoms with E-state index in [1.165, 1.54) is 0 Å². The van der Waals surface area contributed by atoms with E-state index in [0.29, 0.717) is 0 Å². The van der Waals surface area contributed by atoms with Gasteiger partial charge < -0.3 is 5.73 Å². The first kappa shape index (κ1) is 7.28. The van der Waals surface area contributed by atoms with Crippen LogP contribution >= 0.6 is 0 Å². The van der Waals surface area contributed by atoms with Gasteiger partial charge in [0.2, 0.25) is 0 Å². The lowest BCUT2D eigenvalue weighted by atomic mass is 10.1. The van der Waals surface area contributed by atoms with Crippen molar-refractivity contribution in [2.24, 2.45) is 5.73 Å². The van der Waals surface area contributed by atoms with E-state index in [0.717, 1.165) is 6.54 Å². The second-order valence-electron chi connectivity index (χ2n) is 3.13. The van der Waals surface area contributed by atoms with Gasteiger partial charge in [-0.1, -0.05) is 0 Å². The van der Waals surface area contributed by atoms with Gasteiger partial charge in [-0.25, -0.2) is 0 Å². The predicted octanol–water partition coefficient (Wildman–Crippen LogP) is 0.421. The molecular weight excluding hydrogens is 126 g/mol.